The predicted molar refractivity (Wildman–Crippen MR) is 176 cm³/mol. The van der Waals surface area contributed by atoms with E-state index in [9.17, 15) is 9.59 Å². The van der Waals surface area contributed by atoms with Crippen molar-refractivity contribution in [2.75, 3.05) is 15.5 Å². The molecule has 1 heterocycles. The molecule has 4 aromatic carbocycles. The van der Waals surface area contributed by atoms with Gasteiger partial charge in [0.2, 0.25) is 5.91 Å². The number of para-hydroxylation sites is 1. The Labute approximate surface area is 255 Å². The van der Waals surface area contributed by atoms with E-state index in [1.807, 2.05) is 115 Å². The second-order valence-electron chi connectivity index (χ2n) is 10.3. The van der Waals surface area contributed by atoms with Crippen molar-refractivity contribution in [3.05, 3.63) is 138 Å². The zero-order valence-electron chi connectivity index (χ0n) is 23.4. The summed E-state index contributed by atoms with van der Waals surface area (Å²) in [5.74, 6) is -0.102. The van der Waals surface area contributed by atoms with E-state index in [0.717, 1.165) is 32.3 Å². The van der Waals surface area contributed by atoms with E-state index in [4.69, 9.17) is 0 Å². The van der Waals surface area contributed by atoms with Gasteiger partial charge in [-0.3, -0.25) is 9.69 Å². The molecule has 4 aromatic rings. The Balaban J connectivity index is 1.23. The number of allylic oxidation sites excluding steroid dienone is 2. The van der Waals surface area contributed by atoms with E-state index < -0.39 is 5.25 Å². The molecular weight excluding hydrogens is 559 g/mol. The summed E-state index contributed by atoms with van der Waals surface area (Å²) in [6.45, 7) is 4.09. The van der Waals surface area contributed by atoms with Crippen LogP contribution in [0.4, 0.5) is 21.9 Å². The van der Waals surface area contributed by atoms with Crippen molar-refractivity contribution >= 4 is 52.5 Å². The Kier molecular flexibility index (Phi) is 8.22. The lowest BCUT2D eigenvalue weighted by molar-refractivity contribution is -0.115. The summed E-state index contributed by atoms with van der Waals surface area (Å²) in [5, 5.41) is 5.90. The first-order valence-electron chi connectivity index (χ1n) is 13.9. The molecule has 3 amide bonds. The lowest BCUT2D eigenvalue weighted by atomic mass is 10.1. The predicted octanol–water partition coefficient (Wildman–Crippen LogP) is 8.78. The van der Waals surface area contributed by atoms with Gasteiger partial charge in [-0.2, -0.15) is 0 Å². The molecule has 1 aliphatic heterocycles. The van der Waals surface area contributed by atoms with Gasteiger partial charge in [0.05, 0.1) is 17.0 Å². The van der Waals surface area contributed by atoms with Gasteiger partial charge in [-0.05, 0) is 73.0 Å². The fourth-order valence-electron chi connectivity index (χ4n) is 5.12. The Hall–Kier alpha value is -4.20. The molecule has 0 spiro atoms. The molecule has 210 valence electrons. The van der Waals surface area contributed by atoms with Crippen LogP contribution in [-0.4, -0.2) is 23.2 Å². The number of carbonyl (C=O) groups excluding carboxylic acids is 2. The summed E-state index contributed by atoms with van der Waals surface area (Å²) in [6, 6.07) is 31.2. The Morgan fingerprint density at radius 1 is 0.786 bits per heavy atom. The third kappa shape index (κ3) is 6.03. The standard InChI is InChI=1S/C35H31N3O2S2/c1-23-19-20-27(21-24(23)2)36-34(39)33(25-11-4-3-5-12-25)41-28-14-10-13-26(22-28)37-35(40)38-29-15-6-8-17-31(29)42-32-18-9-7-16-30(32)38/h3-22,29,31,33H,1-2H3,(H,36,39)(H,37,40). The topological polar surface area (TPSA) is 61.4 Å². The van der Waals surface area contributed by atoms with Crippen molar-refractivity contribution in [1.82, 2.24) is 0 Å². The van der Waals surface area contributed by atoms with Crippen LogP contribution in [0.15, 0.2) is 131 Å². The van der Waals surface area contributed by atoms with E-state index >= 15 is 0 Å². The summed E-state index contributed by atoms with van der Waals surface area (Å²) in [6.07, 6.45) is 8.27. The number of anilines is 3. The summed E-state index contributed by atoms with van der Waals surface area (Å²) in [7, 11) is 0. The highest BCUT2D eigenvalue weighted by Gasteiger charge is 2.36. The minimum Gasteiger partial charge on any atom is -0.325 e. The number of nitrogens with one attached hydrogen (secondary N) is 2. The number of benzene rings is 4. The van der Waals surface area contributed by atoms with E-state index in [1.165, 1.54) is 17.3 Å². The molecule has 0 saturated heterocycles. The first-order chi connectivity index (χ1) is 20.5. The second kappa shape index (κ2) is 12.3. The SMILES string of the molecule is Cc1ccc(NC(=O)C(Sc2cccc(NC(=O)N3c4ccccc4SC4C=CC=CC43)c2)c2ccccc2)cc1C. The number of nitrogens with zero attached hydrogens (tertiary/aromatic N) is 1. The van der Waals surface area contributed by atoms with Crippen LogP contribution in [0.3, 0.4) is 0 Å². The molecule has 1 aliphatic carbocycles. The number of urea groups is 1. The van der Waals surface area contributed by atoms with Gasteiger partial charge in [-0.15, -0.1) is 23.5 Å². The Morgan fingerprint density at radius 3 is 2.38 bits per heavy atom. The monoisotopic (exact) mass is 589 g/mol. The van der Waals surface area contributed by atoms with Crippen LogP contribution in [0.5, 0.6) is 0 Å². The average Bonchev–Trinajstić information content (AvgIpc) is 3.01. The molecule has 42 heavy (non-hydrogen) atoms. The number of fused-ring (bicyclic) bond motifs is 2. The summed E-state index contributed by atoms with van der Waals surface area (Å²) in [5.41, 5.74) is 5.56. The molecule has 3 atom stereocenters. The summed E-state index contributed by atoms with van der Waals surface area (Å²) < 4.78 is 0. The molecule has 0 saturated carbocycles. The summed E-state index contributed by atoms with van der Waals surface area (Å²) in [4.78, 5) is 31.2. The van der Waals surface area contributed by atoms with Gasteiger partial charge in [-0.25, -0.2) is 4.79 Å². The van der Waals surface area contributed by atoms with E-state index in [1.54, 1.807) is 11.8 Å². The summed E-state index contributed by atoms with van der Waals surface area (Å²) >= 11 is 3.24. The van der Waals surface area contributed by atoms with E-state index in [2.05, 4.69) is 35.8 Å². The first kappa shape index (κ1) is 27.9. The van der Waals surface area contributed by atoms with Crippen LogP contribution in [0.2, 0.25) is 0 Å². The number of thioether (sulfide) groups is 2. The van der Waals surface area contributed by atoms with Gasteiger partial charge in [0.1, 0.15) is 5.25 Å². The van der Waals surface area contributed by atoms with Crippen molar-refractivity contribution < 1.29 is 9.59 Å². The lowest BCUT2D eigenvalue weighted by Crippen LogP contribution is -2.49. The van der Waals surface area contributed by atoms with Gasteiger partial charge in [0.25, 0.3) is 0 Å². The maximum atomic E-state index is 13.8. The quantitative estimate of drug-likeness (QED) is 0.221. The van der Waals surface area contributed by atoms with Gasteiger partial charge in [0, 0.05) is 21.2 Å². The second-order valence-corrected chi connectivity index (χ2v) is 12.7. The van der Waals surface area contributed by atoms with Crippen molar-refractivity contribution in [1.29, 1.82) is 0 Å². The molecule has 6 rings (SSSR count). The number of rotatable bonds is 6. The molecule has 0 radical (unpaired) electrons. The maximum absolute atomic E-state index is 13.8. The number of amides is 3. The Morgan fingerprint density at radius 2 is 1.55 bits per heavy atom. The van der Waals surface area contributed by atoms with Crippen molar-refractivity contribution in [3.63, 3.8) is 0 Å². The highest BCUT2D eigenvalue weighted by Crippen LogP contribution is 2.44. The van der Waals surface area contributed by atoms with Crippen molar-refractivity contribution in [2.24, 2.45) is 0 Å². The molecular formula is C35H31N3O2S2. The number of aryl methyl sites for hydroxylation is 2. The van der Waals surface area contributed by atoms with Gasteiger partial charge in [-0.1, -0.05) is 78.9 Å². The molecule has 0 aromatic heterocycles. The van der Waals surface area contributed by atoms with Crippen molar-refractivity contribution in [2.45, 2.75) is 40.2 Å². The molecule has 2 N–H and O–H groups in total. The van der Waals surface area contributed by atoms with Crippen LogP contribution in [0.25, 0.3) is 0 Å². The fourth-order valence-corrected chi connectivity index (χ4v) is 7.46. The van der Waals surface area contributed by atoms with Crippen LogP contribution in [0, 0.1) is 13.8 Å². The van der Waals surface area contributed by atoms with Crippen LogP contribution in [-0.2, 0) is 4.79 Å². The highest BCUT2D eigenvalue weighted by molar-refractivity contribution is 8.00. The first-order valence-corrected chi connectivity index (χ1v) is 15.6. The Bertz CT molecular complexity index is 1680. The van der Waals surface area contributed by atoms with Gasteiger partial charge in [0.15, 0.2) is 0 Å². The fraction of sp³-hybridized carbons (Fsp3) is 0.143. The zero-order valence-corrected chi connectivity index (χ0v) is 25.0. The van der Waals surface area contributed by atoms with Crippen LogP contribution >= 0.6 is 23.5 Å². The largest absolute Gasteiger partial charge is 0.326 e. The molecule has 7 heteroatoms. The number of hydrogen-bond acceptors (Lipinski definition) is 4. The third-order valence-electron chi connectivity index (χ3n) is 7.42. The average molecular weight is 590 g/mol. The van der Waals surface area contributed by atoms with Gasteiger partial charge >= 0.3 is 6.03 Å². The third-order valence-corrected chi connectivity index (χ3v) is 9.97. The zero-order chi connectivity index (χ0) is 29.1. The minimum atomic E-state index is -0.482. The van der Waals surface area contributed by atoms with Crippen LogP contribution < -0.4 is 15.5 Å². The molecule has 5 nitrogen and oxygen atoms in total. The van der Waals surface area contributed by atoms with Crippen LogP contribution in [0.1, 0.15) is 21.9 Å². The van der Waals surface area contributed by atoms with E-state index in [-0.39, 0.29) is 23.2 Å². The smallest absolute Gasteiger partial charge is 0.325 e. The molecule has 3 unspecified atom stereocenters. The number of carbonyl (C=O) groups is 2. The normalized spacial score (nSPS) is 17.6. The molecule has 0 fully saturated rings. The highest BCUT2D eigenvalue weighted by atomic mass is 32.2. The molecule has 0 bridgehead atoms. The number of hydrogen-bond donors (Lipinski definition) is 2. The van der Waals surface area contributed by atoms with E-state index in [0.29, 0.717) is 5.69 Å². The van der Waals surface area contributed by atoms with Gasteiger partial charge < -0.3 is 10.6 Å². The minimum absolute atomic E-state index is 0.0796. The maximum Gasteiger partial charge on any atom is 0.326 e. The lowest BCUT2D eigenvalue weighted by Gasteiger charge is -2.40. The van der Waals surface area contributed by atoms with Crippen molar-refractivity contribution in [3.8, 4) is 0 Å². The molecule has 2 aliphatic rings.